The largest absolute Gasteiger partial charge is 0.455 e. The molecular formula is C26H25N7O3. The fraction of sp³-hybridized carbons (Fsp3) is 0.154. The van der Waals surface area contributed by atoms with Crippen LogP contribution in [0.5, 0.6) is 11.5 Å². The average molecular weight is 484 g/mol. The lowest BCUT2D eigenvalue weighted by molar-refractivity contribution is 0.262. The first-order valence-electron chi connectivity index (χ1n) is 11.4. The van der Waals surface area contributed by atoms with Gasteiger partial charge in [-0.15, -0.1) is 0 Å². The van der Waals surface area contributed by atoms with Crippen LogP contribution in [0.25, 0.3) is 16.9 Å². The van der Waals surface area contributed by atoms with Gasteiger partial charge in [-0.25, -0.2) is 19.3 Å². The summed E-state index contributed by atoms with van der Waals surface area (Å²) in [6, 6.07) is 19.7. The van der Waals surface area contributed by atoms with Crippen molar-refractivity contribution in [3.8, 4) is 17.2 Å². The molecule has 0 radical (unpaired) electrons. The molecule has 5 aromatic rings. The zero-order chi connectivity index (χ0) is 25.3. The number of urea groups is 1. The van der Waals surface area contributed by atoms with Gasteiger partial charge in [0, 0.05) is 35.5 Å². The number of carbonyl (C=O) groups is 1. The predicted octanol–water partition coefficient (Wildman–Crippen LogP) is 5.17. The number of fused-ring (bicyclic) bond motifs is 1. The third kappa shape index (κ3) is 4.83. The number of imidazole rings is 1. The van der Waals surface area contributed by atoms with E-state index in [-0.39, 0.29) is 11.1 Å². The summed E-state index contributed by atoms with van der Waals surface area (Å²) in [5.74, 6) is 1.46. The molecule has 0 unspecified atom stereocenters. The Hall–Kier alpha value is -4.86. The lowest BCUT2D eigenvalue weighted by Gasteiger charge is -2.14. The minimum Gasteiger partial charge on any atom is -0.455 e. The maximum atomic E-state index is 12.9. The summed E-state index contributed by atoms with van der Waals surface area (Å²) in [7, 11) is 0. The molecule has 0 atom stereocenters. The maximum Gasteiger partial charge on any atom is 0.325 e. The van der Waals surface area contributed by atoms with Crippen LogP contribution in [0.2, 0.25) is 0 Å². The Morgan fingerprint density at radius 2 is 1.78 bits per heavy atom. The smallest absolute Gasteiger partial charge is 0.325 e. The first-order valence-corrected chi connectivity index (χ1v) is 11.4. The zero-order valence-electron chi connectivity index (χ0n) is 20.0. The first-order chi connectivity index (χ1) is 17.3. The van der Waals surface area contributed by atoms with Crippen LogP contribution in [0.3, 0.4) is 0 Å². The van der Waals surface area contributed by atoms with E-state index in [2.05, 4.69) is 46.4 Å². The number of anilines is 2. The van der Waals surface area contributed by atoms with E-state index in [4.69, 9.17) is 9.84 Å². The molecule has 0 aliphatic rings. The number of rotatable bonds is 5. The number of benzene rings is 2. The first kappa shape index (κ1) is 22.9. The van der Waals surface area contributed by atoms with Crippen molar-refractivity contribution in [2.24, 2.45) is 0 Å². The van der Waals surface area contributed by atoms with E-state index in [1.165, 1.54) is 0 Å². The van der Waals surface area contributed by atoms with E-state index in [1.54, 1.807) is 41.2 Å². The van der Waals surface area contributed by atoms with Crippen molar-refractivity contribution in [2.45, 2.75) is 26.2 Å². The van der Waals surface area contributed by atoms with Crippen LogP contribution in [-0.4, -0.2) is 30.8 Å². The lowest BCUT2D eigenvalue weighted by Crippen LogP contribution is -2.21. The number of hydrogen-bond donors (Lipinski definition) is 4. The van der Waals surface area contributed by atoms with E-state index in [1.807, 2.05) is 36.4 Å². The highest BCUT2D eigenvalue weighted by molar-refractivity contribution is 5.99. The highest BCUT2D eigenvalue weighted by Crippen LogP contribution is 2.29. The number of H-pyrrole nitrogens is 2. The number of nitrogens with zero attached hydrogens (tertiary/aromatic N) is 3. The van der Waals surface area contributed by atoms with Crippen LogP contribution in [0.4, 0.5) is 16.3 Å². The Bertz CT molecular complexity index is 1590. The predicted molar refractivity (Wildman–Crippen MR) is 138 cm³/mol. The summed E-state index contributed by atoms with van der Waals surface area (Å²) in [5, 5.41) is 10.5. The summed E-state index contributed by atoms with van der Waals surface area (Å²) in [6.07, 6.45) is 1.54. The molecule has 0 saturated carbocycles. The SMILES string of the molecule is CC(C)(C)c1cc(NC(=O)Nc2cccc(Oc3ccnc4[nH]c(=O)[nH]c34)c2)n(-c2ccccc2)n1. The molecule has 0 saturated heterocycles. The van der Waals surface area contributed by atoms with Crippen LogP contribution in [-0.2, 0) is 5.41 Å². The number of pyridine rings is 1. The van der Waals surface area contributed by atoms with Crippen molar-refractivity contribution >= 4 is 28.7 Å². The van der Waals surface area contributed by atoms with Gasteiger partial charge in [-0.1, -0.05) is 45.0 Å². The second-order valence-corrected chi connectivity index (χ2v) is 9.23. The summed E-state index contributed by atoms with van der Waals surface area (Å²) >= 11 is 0. The molecule has 3 aromatic heterocycles. The van der Waals surface area contributed by atoms with Gasteiger partial charge in [0.2, 0.25) is 0 Å². The second kappa shape index (κ2) is 9.06. The van der Waals surface area contributed by atoms with Gasteiger partial charge < -0.3 is 15.0 Å². The van der Waals surface area contributed by atoms with Crippen LogP contribution < -0.4 is 21.1 Å². The summed E-state index contributed by atoms with van der Waals surface area (Å²) < 4.78 is 7.66. The van der Waals surface area contributed by atoms with Crippen LogP contribution >= 0.6 is 0 Å². The molecule has 0 spiro atoms. The molecule has 2 aromatic carbocycles. The Balaban J connectivity index is 1.35. The third-order valence-corrected chi connectivity index (χ3v) is 5.42. The second-order valence-electron chi connectivity index (χ2n) is 9.23. The van der Waals surface area contributed by atoms with Gasteiger partial charge in [-0.2, -0.15) is 5.10 Å². The number of hydrogen-bond acceptors (Lipinski definition) is 5. The van der Waals surface area contributed by atoms with Crippen LogP contribution in [0, 0.1) is 0 Å². The molecule has 5 rings (SSSR count). The average Bonchev–Trinajstić information content (AvgIpc) is 3.43. The normalized spacial score (nSPS) is 11.4. The molecule has 2 amide bonds. The number of aromatic amines is 2. The van der Waals surface area contributed by atoms with Crippen LogP contribution in [0.1, 0.15) is 26.5 Å². The van der Waals surface area contributed by atoms with Crippen molar-refractivity contribution in [1.29, 1.82) is 0 Å². The Morgan fingerprint density at radius 1 is 0.972 bits per heavy atom. The van der Waals surface area contributed by atoms with Gasteiger partial charge in [-0.05, 0) is 24.3 Å². The minimum absolute atomic E-state index is 0.194. The highest BCUT2D eigenvalue weighted by atomic mass is 16.5. The molecule has 4 N–H and O–H groups in total. The fourth-order valence-corrected chi connectivity index (χ4v) is 3.64. The molecule has 0 aliphatic carbocycles. The van der Waals surface area contributed by atoms with Crippen LogP contribution in [0.15, 0.2) is 77.7 Å². The molecule has 10 heteroatoms. The highest BCUT2D eigenvalue weighted by Gasteiger charge is 2.21. The number of nitrogens with one attached hydrogen (secondary N) is 4. The number of ether oxygens (including phenoxy) is 1. The quantitative estimate of drug-likeness (QED) is 0.274. The molecule has 182 valence electrons. The van der Waals surface area contributed by atoms with E-state index < -0.39 is 6.03 Å². The van der Waals surface area contributed by atoms with Crippen molar-refractivity contribution in [2.75, 3.05) is 10.6 Å². The van der Waals surface area contributed by atoms with E-state index >= 15 is 0 Å². The summed E-state index contributed by atoms with van der Waals surface area (Å²) in [4.78, 5) is 33.9. The Kier molecular flexibility index (Phi) is 5.77. The third-order valence-electron chi connectivity index (χ3n) is 5.42. The Morgan fingerprint density at radius 3 is 2.56 bits per heavy atom. The molecule has 0 aliphatic heterocycles. The van der Waals surface area contributed by atoms with Crippen molar-refractivity contribution in [3.05, 3.63) is 89.1 Å². The van der Waals surface area contributed by atoms with Crippen molar-refractivity contribution in [3.63, 3.8) is 0 Å². The molecule has 3 heterocycles. The van der Waals surface area contributed by atoms with Gasteiger partial charge >= 0.3 is 11.7 Å². The van der Waals surface area contributed by atoms with E-state index in [0.29, 0.717) is 34.2 Å². The molecular weight excluding hydrogens is 458 g/mol. The van der Waals surface area contributed by atoms with Gasteiger partial charge in [0.15, 0.2) is 11.4 Å². The summed E-state index contributed by atoms with van der Waals surface area (Å²) in [6.45, 7) is 6.21. The van der Waals surface area contributed by atoms with Gasteiger partial charge in [0.1, 0.15) is 17.1 Å². The van der Waals surface area contributed by atoms with Crippen molar-refractivity contribution < 1.29 is 9.53 Å². The molecule has 0 fully saturated rings. The number of amides is 2. The van der Waals surface area contributed by atoms with Gasteiger partial charge in [0.05, 0.1) is 11.4 Å². The zero-order valence-corrected chi connectivity index (χ0v) is 20.0. The summed E-state index contributed by atoms with van der Waals surface area (Å²) in [5.41, 5.74) is 2.51. The fourth-order valence-electron chi connectivity index (χ4n) is 3.64. The number of aromatic nitrogens is 5. The Labute approximate surface area is 206 Å². The lowest BCUT2D eigenvalue weighted by atomic mass is 9.92. The van der Waals surface area contributed by atoms with Gasteiger partial charge in [-0.3, -0.25) is 10.3 Å². The maximum absolute atomic E-state index is 12.9. The molecule has 10 nitrogen and oxygen atoms in total. The monoisotopic (exact) mass is 483 g/mol. The topological polar surface area (TPSA) is 130 Å². The number of para-hydroxylation sites is 1. The van der Waals surface area contributed by atoms with Crippen molar-refractivity contribution in [1.82, 2.24) is 24.7 Å². The van der Waals surface area contributed by atoms with E-state index in [0.717, 1.165) is 11.4 Å². The standard InChI is InChI=1S/C26H25N7O3/c1-26(2,3)20-15-21(33(32-20)17-9-5-4-6-10-17)29-24(34)28-16-8-7-11-18(14-16)36-19-12-13-27-23-22(19)30-25(35)31-23/h4-15H,1-3H3,(H2,28,29,34)(H2,27,30,31,35). The number of carbonyl (C=O) groups excluding carboxylic acids is 1. The molecule has 36 heavy (non-hydrogen) atoms. The molecule has 0 bridgehead atoms. The minimum atomic E-state index is -0.425. The van der Waals surface area contributed by atoms with E-state index in [9.17, 15) is 9.59 Å². The van der Waals surface area contributed by atoms with Gasteiger partial charge in [0.25, 0.3) is 0 Å².